The van der Waals surface area contributed by atoms with E-state index < -0.39 is 0 Å². The van der Waals surface area contributed by atoms with Gasteiger partial charge in [0.2, 0.25) is 0 Å². The van der Waals surface area contributed by atoms with Crippen LogP contribution in [0.15, 0.2) is 30.5 Å². The highest BCUT2D eigenvalue weighted by Gasteiger charge is 2.44. The molecule has 5 rings (SSSR count). The number of esters is 1. The summed E-state index contributed by atoms with van der Waals surface area (Å²) in [5.74, 6) is 2.02. The van der Waals surface area contributed by atoms with Crippen LogP contribution in [0.5, 0.6) is 5.75 Å². The molecule has 3 fully saturated rings. The fourth-order valence-corrected chi connectivity index (χ4v) is 5.51. The van der Waals surface area contributed by atoms with Gasteiger partial charge in [0.1, 0.15) is 17.6 Å². The monoisotopic (exact) mass is 438 g/mol. The fraction of sp³-hybridized carbons (Fsp3) is 0.577. The van der Waals surface area contributed by atoms with E-state index in [2.05, 4.69) is 16.8 Å². The van der Waals surface area contributed by atoms with E-state index >= 15 is 0 Å². The molecule has 0 N–H and O–H groups in total. The molecule has 6 heteroatoms. The Balaban J connectivity index is 1.66. The summed E-state index contributed by atoms with van der Waals surface area (Å²) in [5.41, 5.74) is 1.85. The van der Waals surface area contributed by atoms with Crippen molar-refractivity contribution in [1.29, 1.82) is 0 Å². The molecule has 2 aromatic rings. The standard InChI is InChI=1S/C26H34N2O4/c1-4-18-16-28-13-11-19(18)14-24(28)26(32-25(30)7-5-6-17(2)29)21-10-12-27-23-9-8-20(31-3)15-22(21)23/h8-10,12,15,18-19,24,26H,4-7,11,13-14,16H2,1-3H3/t18?,19?,24?,26-/m0/s1. The molecule has 4 unspecified atom stereocenters. The van der Waals surface area contributed by atoms with Crippen molar-refractivity contribution in [2.45, 2.75) is 64.5 Å². The quantitative estimate of drug-likeness (QED) is 0.528. The van der Waals surface area contributed by atoms with E-state index in [1.165, 1.54) is 12.8 Å². The molecule has 0 radical (unpaired) electrons. The summed E-state index contributed by atoms with van der Waals surface area (Å²) in [6.07, 6.45) is 6.08. The van der Waals surface area contributed by atoms with Crippen LogP contribution in [0, 0.1) is 11.8 Å². The topological polar surface area (TPSA) is 68.7 Å². The molecular weight excluding hydrogens is 404 g/mol. The molecule has 1 aromatic carbocycles. The molecule has 4 heterocycles. The Kier molecular flexibility index (Phi) is 7.09. The average Bonchev–Trinajstić information content (AvgIpc) is 2.81. The molecule has 0 spiro atoms. The molecule has 0 saturated carbocycles. The van der Waals surface area contributed by atoms with Crippen LogP contribution in [0.25, 0.3) is 10.9 Å². The highest BCUT2D eigenvalue weighted by Crippen LogP contribution is 2.44. The average molecular weight is 439 g/mol. The predicted octanol–water partition coefficient (Wildman–Crippen LogP) is 4.71. The summed E-state index contributed by atoms with van der Waals surface area (Å²) in [6.45, 7) is 5.95. The molecule has 32 heavy (non-hydrogen) atoms. The smallest absolute Gasteiger partial charge is 0.306 e. The minimum absolute atomic E-state index is 0.0999. The number of methoxy groups -OCH3 is 1. The van der Waals surface area contributed by atoms with Gasteiger partial charge in [0.05, 0.1) is 18.7 Å². The molecule has 5 atom stereocenters. The number of pyridine rings is 1. The number of benzene rings is 1. The van der Waals surface area contributed by atoms with Crippen LogP contribution in [0.4, 0.5) is 0 Å². The van der Waals surface area contributed by atoms with E-state index in [4.69, 9.17) is 9.47 Å². The van der Waals surface area contributed by atoms with Gasteiger partial charge in [-0.3, -0.25) is 14.7 Å². The van der Waals surface area contributed by atoms with Crippen LogP contribution < -0.4 is 4.74 Å². The molecule has 3 saturated heterocycles. The molecule has 3 aliphatic heterocycles. The van der Waals surface area contributed by atoms with E-state index in [0.717, 1.165) is 47.6 Å². The van der Waals surface area contributed by atoms with E-state index in [1.807, 2.05) is 24.3 Å². The van der Waals surface area contributed by atoms with Crippen molar-refractivity contribution in [3.8, 4) is 5.75 Å². The number of hydrogen-bond donors (Lipinski definition) is 0. The van der Waals surface area contributed by atoms with Gasteiger partial charge in [-0.15, -0.1) is 0 Å². The maximum atomic E-state index is 12.8. The number of aromatic nitrogens is 1. The van der Waals surface area contributed by atoms with Gasteiger partial charge < -0.3 is 14.3 Å². The number of Topliss-reactive ketones (excluding diaryl/α,β-unsaturated/α-hetero) is 1. The Morgan fingerprint density at radius 1 is 1.25 bits per heavy atom. The third kappa shape index (κ3) is 4.80. The Morgan fingerprint density at radius 3 is 2.78 bits per heavy atom. The second-order valence-electron chi connectivity index (χ2n) is 9.26. The maximum absolute atomic E-state index is 12.8. The second kappa shape index (κ2) is 9.99. The number of hydrogen-bond acceptors (Lipinski definition) is 6. The number of piperidine rings is 3. The molecule has 172 valence electrons. The Bertz CT molecular complexity index is 975. The third-order valence-electron chi connectivity index (χ3n) is 7.27. The first kappa shape index (κ1) is 22.7. The van der Waals surface area contributed by atoms with Crippen LogP contribution in [0.2, 0.25) is 0 Å². The summed E-state index contributed by atoms with van der Waals surface area (Å²) in [7, 11) is 1.65. The van der Waals surface area contributed by atoms with Crippen LogP contribution in [-0.2, 0) is 14.3 Å². The first-order valence-electron chi connectivity index (χ1n) is 11.9. The highest BCUT2D eigenvalue weighted by molar-refractivity contribution is 5.84. The molecule has 0 aliphatic carbocycles. The van der Waals surface area contributed by atoms with Crippen LogP contribution in [0.3, 0.4) is 0 Å². The Hall–Kier alpha value is -2.47. The molecule has 1 aromatic heterocycles. The van der Waals surface area contributed by atoms with Gasteiger partial charge in [0, 0.05) is 36.5 Å². The first-order chi connectivity index (χ1) is 15.5. The van der Waals surface area contributed by atoms with E-state index in [0.29, 0.717) is 18.8 Å². The van der Waals surface area contributed by atoms with Crippen molar-refractivity contribution < 1.29 is 19.1 Å². The number of ether oxygens (including phenoxy) is 2. The van der Waals surface area contributed by atoms with E-state index in [-0.39, 0.29) is 30.3 Å². The summed E-state index contributed by atoms with van der Waals surface area (Å²) < 4.78 is 11.7. The number of ketones is 1. The van der Waals surface area contributed by atoms with Crippen LogP contribution in [0.1, 0.15) is 64.0 Å². The van der Waals surface area contributed by atoms with Gasteiger partial charge in [-0.1, -0.05) is 13.3 Å². The minimum Gasteiger partial charge on any atom is -0.497 e. The largest absolute Gasteiger partial charge is 0.497 e. The number of carbonyl (C=O) groups is 2. The van der Waals surface area contributed by atoms with Gasteiger partial charge >= 0.3 is 5.97 Å². The SMILES string of the molecule is CCC1CN2CCC1CC2[C@@H](OC(=O)CCCC(C)=O)c1ccnc2ccc(OC)cc12. The number of rotatable bonds is 9. The van der Waals surface area contributed by atoms with Gasteiger partial charge in [-0.2, -0.15) is 0 Å². The molecular formula is C26H34N2O4. The lowest BCUT2D eigenvalue weighted by Gasteiger charge is -2.51. The van der Waals surface area contributed by atoms with Crippen LogP contribution >= 0.6 is 0 Å². The van der Waals surface area contributed by atoms with Crippen molar-refractivity contribution in [3.63, 3.8) is 0 Å². The molecule has 0 amide bonds. The number of fused-ring (bicyclic) bond motifs is 4. The van der Waals surface area contributed by atoms with Crippen molar-refractivity contribution >= 4 is 22.7 Å². The molecule has 3 aliphatic rings. The highest BCUT2D eigenvalue weighted by atomic mass is 16.5. The van der Waals surface area contributed by atoms with E-state index in [9.17, 15) is 9.59 Å². The predicted molar refractivity (Wildman–Crippen MR) is 124 cm³/mol. The summed E-state index contributed by atoms with van der Waals surface area (Å²) in [5, 5.41) is 0.961. The summed E-state index contributed by atoms with van der Waals surface area (Å²) in [6, 6.07) is 7.98. The Labute approximate surface area is 190 Å². The zero-order valence-corrected chi connectivity index (χ0v) is 19.4. The van der Waals surface area contributed by atoms with E-state index in [1.54, 1.807) is 20.2 Å². The summed E-state index contributed by atoms with van der Waals surface area (Å²) >= 11 is 0. The second-order valence-corrected chi connectivity index (χ2v) is 9.26. The van der Waals surface area contributed by atoms with Crippen molar-refractivity contribution in [2.24, 2.45) is 11.8 Å². The fourth-order valence-electron chi connectivity index (χ4n) is 5.51. The molecule has 2 bridgehead atoms. The lowest BCUT2D eigenvalue weighted by Crippen LogP contribution is -2.55. The third-order valence-corrected chi connectivity index (χ3v) is 7.27. The van der Waals surface area contributed by atoms with Crippen LogP contribution in [-0.4, -0.2) is 47.9 Å². The normalized spacial score (nSPS) is 25.5. The van der Waals surface area contributed by atoms with Gasteiger partial charge in [0.25, 0.3) is 0 Å². The number of carbonyl (C=O) groups excluding carboxylic acids is 2. The first-order valence-corrected chi connectivity index (χ1v) is 11.9. The van der Waals surface area contributed by atoms with Crippen molar-refractivity contribution in [1.82, 2.24) is 9.88 Å². The lowest BCUT2D eigenvalue weighted by atomic mass is 9.72. The number of nitrogens with zero attached hydrogens (tertiary/aromatic N) is 2. The Morgan fingerprint density at radius 2 is 2.09 bits per heavy atom. The minimum atomic E-state index is -0.363. The van der Waals surface area contributed by atoms with Gasteiger partial charge in [-0.05, 0) is 68.8 Å². The zero-order chi connectivity index (χ0) is 22.7. The van der Waals surface area contributed by atoms with Crippen molar-refractivity contribution in [3.05, 3.63) is 36.0 Å². The summed E-state index contributed by atoms with van der Waals surface area (Å²) in [4.78, 5) is 31.2. The van der Waals surface area contributed by atoms with Gasteiger partial charge in [0.15, 0.2) is 0 Å². The lowest BCUT2D eigenvalue weighted by molar-refractivity contribution is -0.158. The van der Waals surface area contributed by atoms with Gasteiger partial charge in [-0.25, -0.2) is 0 Å². The molecule has 6 nitrogen and oxygen atoms in total. The zero-order valence-electron chi connectivity index (χ0n) is 19.4. The van der Waals surface area contributed by atoms with Crippen molar-refractivity contribution in [2.75, 3.05) is 20.2 Å². The maximum Gasteiger partial charge on any atom is 0.306 e.